The van der Waals surface area contributed by atoms with Crippen LogP contribution in [0, 0.1) is 12.8 Å². The zero-order valence-electron chi connectivity index (χ0n) is 17.5. The molecule has 2 amide bonds. The molecule has 1 heterocycles. The maximum Gasteiger partial charge on any atom is 0.230 e. The van der Waals surface area contributed by atoms with Gasteiger partial charge in [0.05, 0.1) is 10.6 Å². The number of carbonyl (C=O) groups is 2. The lowest BCUT2D eigenvalue weighted by atomic mass is 10.1. The SMILES string of the molecule is Cc1cc(Cl)ccc1NC(=O)CCS(=O)(=O)c1ccc2c(c1)C[C@@H](C)N2C(=O)C1CC1. The van der Waals surface area contributed by atoms with Gasteiger partial charge in [0.25, 0.3) is 0 Å². The highest BCUT2D eigenvalue weighted by Crippen LogP contribution is 2.39. The Hall–Kier alpha value is -2.38. The largest absolute Gasteiger partial charge is 0.326 e. The lowest BCUT2D eigenvalue weighted by Gasteiger charge is -2.22. The maximum atomic E-state index is 12.8. The van der Waals surface area contributed by atoms with Crippen LogP contribution in [0.15, 0.2) is 41.3 Å². The van der Waals surface area contributed by atoms with Crippen LogP contribution in [-0.4, -0.2) is 32.0 Å². The van der Waals surface area contributed by atoms with Crippen LogP contribution in [0.2, 0.25) is 5.02 Å². The van der Waals surface area contributed by atoms with Crippen LogP contribution in [0.5, 0.6) is 0 Å². The summed E-state index contributed by atoms with van der Waals surface area (Å²) in [7, 11) is -3.63. The molecule has 2 aromatic rings. The number of rotatable bonds is 6. The molecule has 1 aliphatic heterocycles. The van der Waals surface area contributed by atoms with Crippen molar-refractivity contribution >= 4 is 44.6 Å². The molecular weight excluding hydrogens is 436 g/mol. The van der Waals surface area contributed by atoms with Gasteiger partial charge in [0.1, 0.15) is 0 Å². The van der Waals surface area contributed by atoms with Crippen molar-refractivity contribution < 1.29 is 18.0 Å². The van der Waals surface area contributed by atoms with Crippen LogP contribution in [0.1, 0.15) is 37.3 Å². The molecule has 0 unspecified atom stereocenters. The van der Waals surface area contributed by atoms with Crippen LogP contribution < -0.4 is 10.2 Å². The molecule has 1 N–H and O–H groups in total. The normalized spacial score (nSPS) is 18.0. The third-order valence-corrected chi connectivity index (χ3v) is 7.80. The summed E-state index contributed by atoms with van der Waals surface area (Å²) in [5.74, 6) is -0.412. The molecular formula is C23H25ClN2O4S. The molecule has 6 nitrogen and oxygen atoms in total. The van der Waals surface area contributed by atoms with Crippen molar-refractivity contribution in [1.82, 2.24) is 0 Å². The first-order valence-electron chi connectivity index (χ1n) is 10.4. The molecule has 1 saturated carbocycles. The van der Waals surface area contributed by atoms with E-state index in [-0.39, 0.29) is 40.8 Å². The van der Waals surface area contributed by atoms with Crippen LogP contribution in [0.3, 0.4) is 0 Å². The van der Waals surface area contributed by atoms with Gasteiger partial charge in [0, 0.05) is 34.8 Å². The third-order valence-electron chi connectivity index (χ3n) is 5.85. The average Bonchev–Trinajstić information content (AvgIpc) is 3.50. The molecule has 0 bridgehead atoms. The Morgan fingerprint density at radius 3 is 2.58 bits per heavy atom. The summed E-state index contributed by atoms with van der Waals surface area (Å²) in [5.41, 5.74) is 3.09. The number of sulfone groups is 1. The molecule has 31 heavy (non-hydrogen) atoms. The van der Waals surface area contributed by atoms with Crippen molar-refractivity contribution in [3.8, 4) is 0 Å². The second-order valence-corrected chi connectivity index (χ2v) is 10.9. The first kappa shape index (κ1) is 21.8. The van der Waals surface area contributed by atoms with Gasteiger partial charge in [0.2, 0.25) is 11.8 Å². The number of aryl methyl sites for hydroxylation is 1. The molecule has 0 aromatic heterocycles. The standard InChI is InChI=1S/C23H25ClN2O4S/c1-14-11-18(24)5-7-20(14)25-22(27)9-10-31(29,30)19-6-8-21-17(13-19)12-15(2)26(21)23(28)16-3-4-16/h5-8,11,13,15-16H,3-4,9-10,12H2,1-2H3,(H,25,27)/t15-/m1/s1. The third kappa shape index (κ3) is 4.62. The predicted molar refractivity (Wildman–Crippen MR) is 121 cm³/mol. The van der Waals surface area contributed by atoms with Gasteiger partial charge < -0.3 is 10.2 Å². The number of amides is 2. The van der Waals surface area contributed by atoms with Crippen molar-refractivity contribution in [2.45, 2.75) is 50.5 Å². The second-order valence-electron chi connectivity index (χ2n) is 8.40. The van der Waals surface area contributed by atoms with E-state index in [1.54, 1.807) is 36.4 Å². The Morgan fingerprint density at radius 1 is 1.16 bits per heavy atom. The van der Waals surface area contributed by atoms with Gasteiger partial charge in [-0.3, -0.25) is 9.59 Å². The van der Waals surface area contributed by atoms with Crippen LogP contribution in [0.4, 0.5) is 11.4 Å². The first-order valence-corrected chi connectivity index (χ1v) is 12.4. The van der Waals surface area contributed by atoms with Gasteiger partial charge in [-0.15, -0.1) is 0 Å². The number of hydrogen-bond acceptors (Lipinski definition) is 4. The lowest BCUT2D eigenvalue weighted by Crippen LogP contribution is -2.36. The fourth-order valence-electron chi connectivity index (χ4n) is 3.99. The average molecular weight is 461 g/mol. The zero-order chi connectivity index (χ0) is 22.3. The van der Waals surface area contributed by atoms with Crippen molar-refractivity contribution in [1.29, 1.82) is 0 Å². The molecule has 0 spiro atoms. The monoisotopic (exact) mass is 460 g/mol. The number of carbonyl (C=O) groups excluding carboxylic acids is 2. The molecule has 1 aliphatic carbocycles. The highest BCUT2D eigenvalue weighted by atomic mass is 35.5. The number of benzene rings is 2. The van der Waals surface area contributed by atoms with Gasteiger partial charge >= 0.3 is 0 Å². The Labute approximate surface area is 187 Å². The van der Waals surface area contributed by atoms with E-state index in [1.165, 1.54) is 0 Å². The molecule has 1 fully saturated rings. The van der Waals surface area contributed by atoms with Gasteiger partial charge in [-0.05, 0) is 80.6 Å². The van der Waals surface area contributed by atoms with Gasteiger partial charge in [-0.2, -0.15) is 0 Å². The fourth-order valence-corrected chi connectivity index (χ4v) is 5.50. The molecule has 1 atom stereocenters. The lowest BCUT2D eigenvalue weighted by molar-refractivity contribution is -0.120. The fraction of sp³-hybridized carbons (Fsp3) is 0.391. The van der Waals surface area contributed by atoms with E-state index >= 15 is 0 Å². The first-order chi connectivity index (χ1) is 14.7. The minimum Gasteiger partial charge on any atom is -0.326 e. The zero-order valence-corrected chi connectivity index (χ0v) is 19.1. The Morgan fingerprint density at radius 2 is 1.90 bits per heavy atom. The van der Waals surface area contributed by atoms with E-state index in [1.807, 2.05) is 18.7 Å². The number of nitrogens with zero attached hydrogens (tertiary/aromatic N) is 1. The highest BCUT2D eigenvalue weighted by molar-refractivity contribution is 7.91. The summed E-state index contributed by atoms with van der Waals surface area (Å²) < 4.78 is 25.7. The van der Waals surface area contributed by atoms with E-state index < -0.39 is 9.84 Å². The highest BCUT2D eigenvalue weighted by Gasteiger charge is 2.39. The number of anilines is 2. The Bertz CT molecular complexity index is 1160. The smallest absolute Gasteiger partial charge is 0.230 e. The van der Waals surface area contributed by atoms with E-state index in [0.717, 1.165) is 29.7 Å². The summed E-state index contributed by atoms with van der Waals surface area (Å²) >= 11 is 5.92. The molecule has 164 valence electrons. The van der Waals surface area contributed by atoms with Crippen molar-refractivity contribution in [3.63, 3.8) is 0 Å². The van der Waals surface area contributed by atoms with Crippen LogP contribution in [0.25, 0.3) is 0 Å². The summed E-state index contributed by atoms with van der Waals surface area (Å²) in [6, 6.07) is 10.0. The summed E-state index contributed by atoms with van der Waals surface area (Å²) in [5, 5.41) is 3.31. The van der Waals surface area contributed by atoms with Gasteiger partial charge in [-0.25, -0.2) is 8.42 Å². The van der Waals surface area contributed by atoms with Crippen molar-refractivity contribution in [2.75, 3.05) is 16.0 Å². The number of nitrogens with one attached hydrogen (secondary N) is 1. The Kier molecular flexibility index (Phi) is 5.83. The number of fused-ring (bicyclic) bond motifs is 1. The van der Waals surface area contributed by atoms with Crippen molar-refractivity contribution in [2.24, 2.45) is 5.92 Å². The van der Waals surface area contributed by atoms with Crippen molar-refractivity contribution in [3.05, 3.63) is 52.5 Å². The minimum atomic E-state index is -3.63. The van der Waals surface area contributed by atoms with E-state index in [4.69, 9.17) is 11.6 Å². The molecule has 2 aromatic carbocycles. The minimum absolute atomic E-state index is 0.0226. The molecule has 8 heteroatoms. The predicted octanol–water partition coefficient (Wildman–Crippen LogP) is 4.14. The molecule has 0 radical (unpaired) electrons. The van der Waals surface area contributed by atoms with Crippen LogP contribution >= 0.6 is 11.6 Å². The van der Waals surface area contributed by atoms with Crippen LogP contribution in [-0.2, 0) is 25.8 Å². The number of hydrogen-bond donors (Lipinski definition) is 1. The molecule has 2 aliphatic rings. The topological polar surface area (TPSA) is 83.6 Å². The molecule has 0 saturated heterocycles. The summed E-state index contributed by atoms with van der Waals surface area (Å²) in [6.07, 6.45) is 2.35. The summed E-state index contributed by atoms with van der Waals surface area (Å²) in [4.78, 5) is 26.9. The molecule has 4 rings (SSSR count). The quantitative estimate of drug-likeness (QED) is 0.702. The van der Waals surface area contributed by atoms with Gasteiger partial charge in [-0.1, -0.05) is 11.6 Å². The second kappa shape index (κ2) is 8.28. The van der Waals surface area contributed by atoms with E-state index in [0.29, 0.717) is 17.1 Å². The summed E-state index contributed by atoms with van der Waals surface area (Å²) in [6.45, 7) is 3.80. The number of halogens is 1. The van der Waals surface area contributed by atoms with Gasteiger partial charge in [0.15, 0.2) is 9.84 Å². The Balaban J connectivity index is 1.44. The maximum absolute atomic E-state index is 12.8. The van der Waals surface area contributed by atoms with E-state index in [9.17, 15) is 18.0 Å². The van der Waals surface area contributed by atoms with E-state index in [2.05, 4.69) is 5.32 Å².